The van der Waals surface area contributed by atoms with Crippen molar-refractivity contribution in [3.63, 3.8) is 0 Å². The molecule has 0 bridgehead atoms. The Hall–Kier alpha value is -0.960. The van der Waals surface area contributed by atoms with Gasteiger partial charge in [-0.2, -0.15) is 0 Å². The zero-order valence-electron chi connectivity index (χ0n) is 10.4. The van der Waals surface area contributed by atoms with Crippen LogP contribution in [0.2, 0.25) is 0 Å². The van der Waals surface area contributed by atoms with Crippen molar-refractivity contribution in [3.8, 4) is 0 Å². The molecule has 1 aromatic heterocycles. The van der Waals surface area contributed by atoms with Crippen LogP contribution in [-0.2, 0) is 0 Å². The molecule has 16 heavy (non-hydrogen) atoms. The van der Waals surface area contributed by atoms with E-state index < -0.39 is 0 Å². The van der Waals surface area contributed by atoms with Gasteiger partial charge in [0.1, 0.15) is 6.33 Å². The van der Waals surface area contributed by atoms with Crippen LogP contribution in [0.1, 0.15) is 57.7 Å². The van der Waals surface area contributed by atoms with E-state index in [0.29, 0.717) is 6.04 Å². The highest BCUT2D eigenvalue weighted by atomic mass is 14.9. The Morgan fingerprint density at radius 2 is 2.12 bits per heavy atom. The van der Waals surface area contributed by atoms with Gasteiger partial charge in [-0.05, 0) is 25.5 Å². The minimum atomic E-state index is 0.398. The van der Waals surface area contributed by atoms with Crippen LogP contribution in [0.4, 0.5) is 0 Å². The summed E-state index contributed by atoms with van der Waals surface area (Å²) in [6.07, 6.45) is 9.63. The summed E-state index contributed by atoms with van der Waals surface area (Å²) in [7, 11) is 0. The maximum atomic E-state index is 4.34. The molecule has 1 heterocycles. The molecule has 0 saturated heterocycles. The zero-order valence-corrected chi connectivity index (χ0v) is 10.4. The number of unbranched alkanes of at least 4 members (excludes halogenated alkanes) is 2. The molecule has 0 aromatic carbocycles. The molecule has 1 unspecified atom stereocenters. The second kappa shape index (κ2) is 8.22. The lowest BCUT2D eigenvalue weighted by atomic mass is 10.1. The molecular weight excluding hydrogens is 198 g/mol. The molecule has 1 N–H and O–H groups in total. The average Bonchev–Trinajstić information content (AvgIpc) is 2.35. The van der Waals surface area contributed by atoms with Gasteiger partial charge in [0.2, 0.25) is 0 Å². The maximum absolute atomic E-state index is 4.34. The van der Waals surface area contributed by atoms with E-state index in [4.69, 9.17) is 0 Å². The van der Waals surface area contributed by atoms with Crippen molar-refractivity contribution < 1.29 is 0 Å². The Morgan fingerprint density at radius 3 is 2.75 bits per heavy atom. The van der Waals surface area contributed by atoms with Gasteiger partial charge in [-0.25, -0.2) is 9.97 Å². The highest BCUT2D eigenvalue weighted by Crippen LogP contribution is 2.17. The number of aromatic nitrogens is 2. The molecule has 3 nitrogen and oxygen atoms in total. The van der Waals surface area contributed by atoms with Crippen molar-refractivity contribution in [3.05, 3.63) is 24.3 Å². The van der Waals surface area contributed by atoms with Crippen LogP contribution in [0.15, 0.2) is 18.6 Å². The van der Waals surface area contributed by atoms with E-state index in [0.717, 1.165) is 18.7 Å². The first-order valence-corrected chi connectivity index (χ1v) is 6.37. The fourth-order valence-corrected chi connectivity index (χ4v) is 1.78. The van der Waals surface area contributed by atoms with Crippen LogP contribution in [0.3, 0.4) is 0 Å². The quantitative estimate of drug-likeness (QED) is 0.685. The van der Waals surface area contributed by atoms with E-state index in [1.165, 1.54) is 25.7 Å². The molecule has 90 valence electrons. The summed E-state index contributed by atoms with van der Waals surface area (Å²) in [4.78, 5) is 8.30. The topological polar surface area (TPSA) is 37.8 Å². The second-order valence-electron chi connectivity index (χ2n) is 4.14. The third-order valence-electron chi connectivity index (χ3n) is 2.70. The summed E-state index contributed by atoms with van der Waals surface area (Å²) in [6.45, 7) is 5.48. The molecular formula is C13H23N3. The highest BCUT2D eigenvalue weighted by molar-refractivity contribution is 5.04. The van der Waals surface area contributed by atoms with Gasteiger partial charge in [-0.3, -0.25) is 0 Å². The first-order chi connectivity index (χ1) is 7.88. The van der Waals surface area contributed by atoms with E-state index in [9.17, 15) is 0 Å². The summed E-state index contributed by atoms with van der Waals surface area (Å²) in [6, 6.07) is 2.41. The second-order valence-corrected chi connectivity index (χ2v) is 4.14. The van der Waals surface area contributed by atoms with Gasteiger partial charge >= 0.3 is 0 Å². The van der Waals surface area contributed by atoms with E-state index >= 15 is 0 Å². The Morgan fingerprint density at radius 1 is 1.25 bits per heavy atom. The average molecular weight is 221 g/mol. The van der Waals surface area contributed by atoms with Crippen molar-refractivity contribution >= 4 is 0 Å². The van der Waals surface area contributed by atoms with Crippen molar-refractivity contribution in [2.75, 3.05) is 6.54 Å². The van der Waals surface area contributed by atoms with Crippen LogP contribution >= 0.6 is 0 Å². The van der Waals surface area contributed by atoms with Gasteiger partial charge < -0.3 is 5.32 Å². The summed E-state index contributed by atoms with van der Waals surface area (Å²) in [5, 5.41) is 3.55. The molecule has 0 fully saturated rings. The molecule has 0 aliphatic heterocycles. The lowest BCUT2D eigenvalue weighted by molar-refractivity contribution is 0.465. The largest absolute Gasteiger partial charge is 0.309 e. The normalized spacial score (nSPS) is 12.6. The van der Waals surface area contributed by atoms with Crippen molar-refractivity contribution in [1.82, 2.24) is 15.3 Å². The number of hydrogen-bond acceptors (Lipinski definition) is 3. The first-order valence-electron chi connectivity index (χ1n) is 6.37. The summed E-state index contributed by atoms with van der Waals surface area (Å²) in [5.74, 6) is 0. The number of nitrogens with zero attached hydrogens (tertiary/aromatic N) is 2. The number of nitrogens with one attached hydrogen (secondary N) is 1. The SMILES string of the molecule is CCCCCC(NCCC)c1ccncn1. The van der Waals surface area contributed by atoms with Gasteiger partial charge in [0.25, 0.3) is 0 Å². The fourth-order valence-electron chi connectivity index (χ4n) is 1.78. The predicted molar refractivity (Wildman–Crippen MR) is 67.2 cm³/mol. The van der Waals surface area contributed by atoms with Crippen molar-refractivity contribution in [2.24, 2.45) is 0 Å². The van der Waals surface area contributed by atoms with E-state index in [-0.39, 0.29) is 0 Å². The molecule has 1 atom stereocenters. The minimum absolute atomic E-state index is 0.398. The monoisotopic (exact) mass is 221 g/mol. The molecule has 1 aromatic rings. The predicted octanol–water partition coefficient (Wildman–Crippen LogP) is 3.10. The van der Waals surface area contributed by atoms with Crippen LogP contribution in [-0.4, -0.2) is 16.5 Å². The van der Waals surface area contributed by atoms with Crippen LogP contribution < -0.4 is 5.32 Å². The Kier molecular flexibility index (Phi) is 6.74. The standard InChI is InChI=1S/C13H23N3/c1-3-5-6-7-12(15-9-4-2)13-8-10-14-11-16-13/h8,10-12,15H,3-7,9H2,1-2H3. The molecule has 0 amide bonds. The third-order valence-corrected chi connectivity index (χ3v) is 2.70. The Bertz CT molecular complexity index is 261. The van der Waals surface area contributed by atoms with Crippen LogP contribution in [0.25, 0.3) is 0 Å². The molecule has 0 aliphatic rings. The molecule has 1 rings (SSSR count). The van der Waals surface area contributed by atoms with Gasteiger partial charge in [0.15, 0.2) is 0 Å². The minimum Gasteiger partial charge on any atom is -0.309 e. The highest BCUT2D eigenvalue weighted by Gasteiger charge is 2.10. The molecule has 0 spiro atoms. The van der Waals surface area contributed by atoms with Gasteiger partial charge in [-0.15, -0.1) is 0 Å². The van der Waals surface area contributed by atoms with Gasteiger partial charge in [0, 0.05) is 12.2 Å². The molecule has 0 radical (unpaired) electrons. The Labute approximate surface area is 98.7 Å². The van der Waals surface area contributed by atoms with Crippen LogP contribution in [0, 0.1) is 0 Å². The van der Waals surface area contributed by atoms with Gasteiger partial charge in [-0.1, -0.05) is 33.1 Å². The van der Waals surface area contributed by atoms with E-state index in [1.54, 1.807) is 6.33 Å². The fraction of sp³-hybridized carbons (Fsp3) is 0.692. The summed E-state index contributed by atoms with van der Waals surface area (Å²) in [5.41, 5.74) is 1.12. The van der Waals surface area contributed by atoms with Crippen molar-refractivity contribution in [2.45, 2.75) is 52.0 Å². The number of rotatable bonds is 8. The molecule has 0 aliphatic carbocycles. The van der Waals surface area contributed by atoms with Crippen molar-refractivity contribution in [1.29, 1.82) is 0 Å². The zero-order chi connectivity index (χ0) is 11.6. The summed E-state index contributed by atoms with van der Waals surface area (Å²) >= 11 is 0. The van der Waals surface area contributed by atoms with Crippen LogP contribution in [0.5, 0.6) is 0 Å². The maximum Gasteiger partial charge on any atom is 0.115 e. The van der Waals surface area contributed by atoms with Gasteiger partial charge in [0.05, 0.1) is 5.69 Å². The summed E-state index contributed by atoms with van der Waals surface area (Å²) < 4.78 is 0. The lowest BCUT2D eigenvalue weighted by Gasteiger charge is -2.17. The number of hydrogen-bond donors (Lipinski definition) is 1. The first kappa shape index (κ1) is 13.1. The smallest absolute Gasteiger partial charge is 0.115 e. The molecule has 3 heteroatoms. The Balaban J connectivity index is 2.49. The van der Waals surface area contributed by atoms with E-state index in [2.05, 4.69) is 29.1 Å². The lowest BCUT2D eigenvalue weighted by Crippen LogP contribution is -2.23. The third kappa shape index (κ3) is 4.71. The van der Waals surface area contributed by atoms with E-state index in [1.807, 2.05) is 12.3 Å². The molecule has 0 saturated carbocycles.